The molecule has 19 heavy (non-hydrogen) atoms. The summed E-state index contributed by atoms with van der Waals surface area (Å²) in [5.41, 5.74) is 0.119. The van der Waals surface area contributed by atoms with Crippen LogP contribution in [0, 0.1) is 11.3 Å². The van der Waals surface area contributed by atoms with Crippen LogP contribution < -0.4 is 5.32 Å². The summed E-state index contributed by atoms with van der Waals surface area (Å²) in [5, 5.41) is 21.7. The highest BCUT2D eigenvalue weighted by atomic mass is 79.9. The van der Waals surface area contributed by atoms with Gasteiger partial charge >= 0.3 is 5.97 Å². The topological polar surface area (TPSA) is 73.1 Å². The Labute approximate surface area is 120 Å². The van der Waals surface area contributed by atoms with E-state index >= 15 is 0 Å². The van der Waals surface area contributed by atoms with Gasteiger partial charge in [-0.25, -0.2) is 4.79 Å². The van der Waals surface area contributed by atoms with E-state index in [2.05, 4.69) is 27.3 Å². The van der Waals surface area contributed by atoms with Crippen molar-refractivity contribution in [3.05, 3.63) is 28.2 Å². The molecule has 0 bridgehead atoms. The van der Waals surface area contributed by atoms with Gasteiger partial charge in [-0.05, 0) is 31.0 Å². The number of anilines is 1. The number of carbonyl (C=O) groups is 1. The molecule has 0 unspecified atom stereocenters. The van der Waals surface area contributed by atoms with E-state index in [-0.39, 0.29) is 0 Å². The van der Waals surface area contributed by atoms with E-state index < -0.39 is 11.5 Å². The molecule has 0 radical (unpaired) electrons. The van der Waals surface area contributed by atoms with Crippen LogP contribution in [0.1, 0.15) is 37.7 Å². The van der Waals surface area contributed by atoms with Gasteiger partial charge in [0.15, 0.2) is 0 Å². The van der Waals surface area contributed by atoms with Crippen LogP contribution in [-0.2, 0) is 4.79 Å². The maximum atomic E-state index is 11.6. The molecule has 100 valence electrons. The van der Waals surface area contributed by atoms with Gasteiger partial charge in [-0.1, -0.05) is 35.2 Å². The number of hydrogen-bond acceptors (Lipinski definition) is 3. The van der Waals surface area contributed by atoms with Crippen molar-refractivity contribution in [3.63, 3.8) is 0 Å². The molecule has 5 heteroatoms. The van der Waals surface area contributed by atoms with Gasteiger partial charge in [0.2, 0.25) is 0 Å². The highest BCUT2D eigenvalue weighted by Crippen LogP contribution is 2.33. The largest absolute Gasteiger partial charge is 0.480 e. The van der Waals surface area contributed by atoms with Gasteiger partial charge in [-0.15, -0.1) is 0 Å². The van der Waals surface area contributed by atoms with E-state index in [0.717, 1.165) is 23.7 Å². The Hall–Kier alpha value is -1.54. The lowest BCUT2D eigenvalue weighted by molar-refractivity contribution is -0.143. The standard InChI is InChI=1S/C14H15BrN2O2/c15-11-4-5-12(10(8-11)9-16)17-14(13(18)19)6-2-1-3-7-14/h4-5,8,17H,1-3,6-7H2,(H,18,19). The highest BCUT2D eigenvalue weighted by Gasteiger charge is 2.39. The van der Waals surface area contributed by atoms with Crippen molar-refractivity contribution in [1.29, 1.82) is 5.26 Å². The summed E-state index contributed by atoms with van der Waals surface area (Å²) in [7, 11) is 0. The van der Waals surface area contributed by atoms with E-state index in [1.54, 1.807) is 12.1 Å². The van der Waals surface area contributed by atoms with Crippen molar-refractivity contribution in [2.45, 2.75) is 37.6 Å². The number of carboxylic acids is 1. The molecule has 0 atom stereocenters. The average molecular weight is 323 g/mol. The molecule has 1 aromatic rings. The fraction of sp³-hybridized carbons (Fsp3) is 0.429. The summed E-state index contributed by atoms with van der Waals surface area (Å²) >= 11 is 3.31. The van der Waals surface area contributed by atoms with Crippen molar-refractivity contribution in [2.75, 3.05) is 5.32 Å². The van der Waals surface area contributed by atoms with Crippen LogP contribution in [0.2, 0.25) is 0 Å². The fourth-order valence-corrected chi connectivity index (χ4v) is 2.88. The maximum Gasteiger partial charge on any atom is 0.329 e. The minimum atomic E-state index is -0.933. The molecular weight excluding hydrogens is 308 g/mol. The summed E-state index contributed by atoms with van der Waals surface area (Å²) in [5.74, 6) is -0.834. The minimum Gasteiger partial charge on any atom is -0.480 e. The Bertz CT molecular complexity index is 531. The molecule has 1 aromatic carbocycles. The van der Waals surface area contributed by atoms with Gasteiger partial charge in [0.1, 0.15) is 11.6 Å². The summed E-state index contributed by atoms with van der Waals surface area (Å²) in [6.45, 7) is 0. The van der Waals surface area contributed by atoms with Crippen LogP contribution >= 0.6 is 15.9 Å². The first kappa shape index (κ1) is 13.9. The van der Waals surface area contributed by atoms with Crippen molar-refractivity contribution in [2.24, 2.45) is 0 Å². The lowest BCUT2D eigenvalue weighted by Crippen LogP contribution is -2.48. The van der Waals surface area contributed by atoms with Crippen LogP contribution in [0.15, 0.2) is 22.7 Å². The molecule has 0 heterocycles. The number of aliphatic carboxylic acids is 1. The molecule has 0 spiro atoms. The van der Waals surface area contributed by atoms with E-state index in [1.165, 1.54) is 0 Å². The van der Waals surface area contributed by atoms with E-state index in [1.807, 2.05) is 6.07 Å². The number of carboxylic acid groups (broad SMARTS) is 1. The SMILES string of the molecule is N#Cc1cc(Br)ccc1NC1(C(=O)O)CCCCC1. The van der Waals surface area contributed by atoms with Crippen LogP contribution in [-0.4, -0.2) is 16.6 Å². The minimum absolute atomic E-state index is 0.459. The Morgan fingerprint density at radius 1 is 1.37 bits per heavy atom. The molecule has 0 saturated heterocycles. The number of halogens is 1. The van der Waals surface area contributed by atoms with Gasteiger partial charge in [-0.3, -0.25) is 0 Å². The molecule has 1 aliphatic carbocycles. The smallest absolute Gasteiger partial charge is 0.329 e. The molecular formula is C14H15BrN2O2. The number of hydrogen-bond donors (Lipinski definition) is 2. The monoisotopic (exact) mass is 322 g/mol. The van der Waals surface area contributed by atoms with Gasteiger partial charge in [0.05, 0.1) is 11.3 Å². The Morgan fingerprint density at radius 2 is 2.05 bits per heavy atom. The molecule has 0 amide bonds. The zero-order valence-corrected chi connectivity index (χ0v) is 12.0. The quantitative estimate of drug-likeness (QED) is 0.892. The van der Waals surface area contributed by atoms with Crippen LogP contribution in [0.4, 0.5) is 5.69 Å². The normalized spacial score (nSPS) is 17.5. The third-order valence-corrected chi connectivity index (χ3v) is 4.09. The van der Waals surface area contributed by atoms with Crippen molar-refractivity contribution in [3.8, 4) is 6.07 Å². The lowest BCUT2D eigenvalue weighted by Gasteiger charge is -2.35. The van der Waals surface area contributed by atoms with Gasteiger partial charge in [0, 0.05) is 4.47 Å². The van der Waals surface area contributed by atoms with Crippen molar-refractivity contribution >= 4 is 27.6 Å². The second kappa shape index (κ2) is 5.62. The Balaban J connectivity index is 2.32. The number of nitrogens with zero attached hydrogens (tertiary/aromatic N) is 1. The maximum absolute atomic E-state index is 11.6. The summed E-state index contributed by atoms with van der Waals surface area (Å²) in [6.07, 6.45) is 4.07. The third-order valence-electron chi connectivity index (χ3n) is 3.59. The van der Waals surface area contributed by atoms with Gasteiger partial charge < -0.3 is 10.4 Å². The number of nitriles is 1. The zero-order chi connectivity index (χ0) is 13.9. The van der Waals surface area contributed by atoms with Crippen LogP contribution in [0.25, 0.3) is 0 Å². The molecule has 0 aliphatic heterocycles. The van der Waals surface area contributed by atoms with E-state index in [9.17, 15) is 9.90 Å². The van der Waals surface area contributed by atoms with E-state index in [0.29, 0.717) is 24.1 Å². The van der Waals surface area contributed by atoms with Gasteiger partial charge in [0.25, 0.3) is 0 Å². The predicted molar refractivity (Wildman–Crippen MR) is 75.9 cm³/mol. The second-order valence-electron chi connectivity index (χ2n) is 4.87. The van der Waals surface area contributed by atoms with Crippen molar-refractivity contribution in [1.82, 2.24) is 0 Å². The average Bonchev–Trinajstić information content (AvgIpc) is 2.41. The van der Waals surface area contributed by atoms with Crippen molar-refractivity contribution < 1.29 is 9.90 Å². The summed E-state index contributed by atoms with van der Waals surface area (Å²) in [6, 6.07) is 7.35. The first-order valence-corrected chi connectivity index (χ1v) is 7.08. The first-order valence-electron chi connectivity index (χ1n) is 6.29. The van der Waals surface area contributed by atoms with Crippen LogP contribution in [0.5, 0.6) is 0 Å². The lowest BCUT2D eigenvalue weighted by atomic mass is 9.81. The molecule has 4 nitrogen and oxygen atoms in total. The van der Waals surface area contributed by atoms with Gasteiger partial charge in [-0.2, -0.15) is 5.26 Å². The molecule has 1 aliphatic rings. The third kappa shape index (κ3) is 2.90. The van der Waals surface area contributed by atoms with E-state index in [4.69, 9.17) is 5.26 Å². The number of benzene rings is 1. The summed E-state index contributed by atoms with van der Waals surface area (Å²) < 4.78 is 0.808. The first-order chi connectivity index (χ1) is 9.07. The highest BCUT2D eigenvalue weighted by molar-refractivity contribution is 9.10. The second-order valence-corrected chi connectivity index (χ2v) is 5.79. The molecule has 0 aromatic heterocycles. The Morgan fingerprint density at radius 3 is 2.63 bits per heavy atom. The number of rotatable bonds is 3. The molecule has 1 fully saturated rings. The Kier molecular flexibility index (Phi) is 4.11. The zero-order valence-electron chi connectivity index (χ0n) is 10.4. The molecule has 1 saturated carbocycles. The molecule has 2 N–H and O–H groups in total. The number of nitrogens with one attached hydrogen (secondary N) is 1. The molecule has 2 rings (SSSR count). The predicted octanol–water partition coefficient (Wildman–Crippen LogP) is 3.52. The fourth-order valence-electron chi connectivity index (χ4n) is 2.52. The summed E-state index contributed by atoms with van der Waals surface area (Å²) in [4.78, 5) is 11.6. The van der Waals surface area contributed by atoms with Crippen LogP contribution in [0.3, 0.4) is 0 Å².